The maximum atomic E-state index is 2.32. The molecule has 0 heterocycles. The van der Waals surface area contributed by atoms with Crippen LogP contribution in [0.2, 0.25) is 0 Å². The summed E-state index contributed by atoms with van der Waals surface area (Å²) in [6.07, 6.45) is 0. The maximum Gasteiger partial charge on any atom is 0.174 e. The van der Waals surface area contributed by atoms with Gasteiger partial charge in [-0.3, -0.25) is 0 Å². The fraction of sp³-hybridized carbons (Fsp3) is 0.0333. The second-order valence-electron chi connectivity index (χ2n) is 7.56. The van der Waals surface area contributed by atoms with Gasteiger partial charge in [-0.1, -0.05) is 72.8 Å². The predicted octanol–water partition coefficient (Wildman–Crippen LogP) is 5.81. The Hall–Kier alpha value is -2.29. The van der Waals surface area contributed by atoms with Gasteiger partial charge in [0, 0.05) is 0 Å². The molecule has 0 amide bonds. The summed E-state index contributed by atoms with van der Waals surface area (Å²) in [4.78, 5) is 0. The van der Waals surface area contributed by atoms with Crippen molar-refractivity contribution in [2.24, 2.45) is 0 Å². The quantitative estimate of drug-likeness (QED) is 0.142. The van der Waals surface area contributed by atoms with Gasteiger partial charge in [-0.15, -0.1) is 0 Å². The van der Waals surface area contributed by atoms with Gasteiger partial charge in [0.2, 0.25) is 0 Å². The first kappa shape index (κ1) is 25.3. The van der Waals surface area contributed by atoms with Crippen molar-refractivity contribution in [1.82, 2.24) is 0 Å². The summed E-state index contributed by atoms with van der Waals surface area (Å²) < 4.78 is 0. The summed E-state index contributed by atoms with van der Waals surface area (Å²) in [6.45, 7) is 0. The summed E-state index contributed by atoms with van der Waals surface area (Å²) in [5, 5.41) is 6.01. The Morgan fingerprint density at radius 1 is 0.394 bits per heavy atom. The normalized spacial score (nSPS) is 10.2. The molecule has 0 aliphatic heterocycles. The van der Waals surface area contributed by atoms with Crippen LogP contribution in [0.4, 0.5) is 0 Å². The monoisotopic (exact) mass is 554 g/mol. The standard InChI is InChI=1S/C25H22P2.C5H5.Ru.H/c1-5-13-22(14-6-1)26(23-15-7-2-8-16-23)21-27(24-17-9-3-10-18-24)25-19-11-4-12-20-25;1-2-4-5-3-1;;/h1-20H,21H2;1-5H;;/q;-1;;/p+2. The summed E-state index contributed by atoms with van der Waals surface area (Å²) in [5.41, 5.74) is 0. The van der Waals surface area contributed by atoms with E-state index in [1.54, 1.807) is 0 Å². The van der Waals surface area contributed by atoms with Gasteiger partial charge < -0.3 is 0 Å². The van der Waals surface area contributed by atoms with E-state index >= 15 is 0 Å². The smallest absolute Gasteiger partial charge is 0.174 e. The second kappa shape index (κ2) is 14.1. The topological polar surface area (TPSA) is 0 Å². The van der Waals surface area contributed by atoms with E-state index in [2.05, 4.69) is 121 Å². The first-order chi connectivity index (χ1) is 15.9. The zero-order valence-electron chi connectivity index (χ0n) is 18.5. The Kier molecular flexibility index (Phi) is 10.8. The van der Waals surface area contributed by atoms with E-state index in [-0.39, 0.29) is 19.5 Å². The first-order valence-corrected chi connectivity index (χ1v) is 14.4. The second-order valence-corrected chi connectivity index (χ2v) is 13.2. The summed E-state index contributed by atoms with van der Waals surface area (Å²) in [7, 11) is -1.69. The van der Waals surface area contributed by atoms with Crippen molar-refractivity contribution in [1.29, 1.82) is 0 Å². The molecule has 0 radical (unpaired) electrons. The molecule has 0 aliphatic rings. The van der Waals surface area contributed by atoms with Gasteiger partial charge in [0.1, 0.15) is 37.1 Å². The predicted molar refractivity (Wildman–Crippen MR) is 149 cm³/mol. The van der Waals surface area contributed by atoms with E-state index in [9.17, 15) is 0 Å². The van der Waals surface area contributed by atoms with Crippen molar-refractivity contribution in [2.45, 2.75) is 0 Å². The molecule has 0 N–H and O–H groups in total. The number of rotatable bonds is 6. The van der Waals surface area contributed by atoms with Crippen LogP contribution in [0.15, 0.2) is 152 Å². The van der Waals surface area contributed by atoms with Crippen LogP contribution in [-0.4, -0.2) is 5.90 Å². The molecule has 33 heavy (non-hydrogen) atoms. The molecule has 0 unspecified atom stereocenters. The molecule has 5 aromatic rings. The molecule has 0 nitrogen and oxygen atoms in total. The average molecular weight is 554 g/mol. The zero-order valence-corrected chi connectivity index (χ0v) is 22.4. The SMILES string of the molecule is [RuH].c1cc[cH-]c1.c1ccc([PH+](C[PH+](c2ccccc2)c2ccccc2)c2ccccc2)cc1. The van der Waals surface area contributed by atoms with Gasteiger partial charge in [0.15, 0.2) is 5.90 Å². The molecule has 0 aliphatic carbocycles. The van der Waals surface area contributed by atoms with Crippen molar-refractivity contribution >= 4 is 37.1 Å². The van der Waals surface area contributed by atoms with Crippen molar-refractivity contribution in [3.8, 4) is 0 Å². The van der Waals surface area contributed by atoms with Gasteiger partial charge >= 0.3 is 19.5 Å². The molecule has 0 saturated heterocycles. The van der Waals surface area contributed by atoms with Gasteiger partial charge in [0.05, 0.1) is 0 Å². The Morgan fingerprint density at radius 2 is 0.667 bits per heavy atom. The molecule has 0 aromatic heterocycles. The van der Waals surface area contributed by atoms with Crippen molar-refractivity contribution in [2.75, 3.05) is 5.90 Å². The van der Waals surface area contributed by atoms with Crippen LogP contribution < -0.4 is 21.2 Å². The summed E-state index contributed by atoms with van der Waals surface area (Å²) >= 11 is 0. The van der Waals surface area contributed by atoms with Gasteiger partial charge in [-0.2, -0.15) is 18.2 Å². The minimum atomic E-state index is -0.847. The van der Waals surface area contributed by atoms with Gasteiger partial charge in [-0.05, 0) is 48.5 Å². The van der Waals surface area contributed by atoms with Crippen LogP contribution in [-0.2, 0) is 19.5 Å². The molecule has 0 atom stereocenters. The van der Waals surface area contributed by atoms with E-state index in [1.165, 1.54) is 27.1 Å². The van der Waals surface area contributed by atoms with E-state index in [0.717, 1.165) is 0 Å². The van der Waals surface area contributed by atoms with Crippen LogP contribution in [0.1, 0.15) is 0 Å². The fourth-order valence-corrected chi connectivity index (χ4v) is 11.5. The zero-order chi connectivity index (χ0) is 21.8. The molecule has 0 spiro atoms. The Labute approximate surface area is 213 Å². The molecule has 0 saturated carbocycles. The molecular weight excluding hydrogens is 523 g/mol. The third kappa shape index (κ3) is 7.62. The van der Waals surface area contributed by atoms with E-state index in [0.29, 0.717) is 0 Å². The largest absolute Gasteiger partial charge is 0.214 e. The molecule has 3 heteroatoms. The number of hydrogen-bond donors (Lipinski definition) is 0. The molecule has 5 aromatic carbocycles. The van der Waals surface area contributed by atoms with Crippen LogP contribution in [0.5, 0.6) is 0 Å². The molecule has 0 fully saturated rings. The molecule has 167 valence electrons. The van der Waals surface area contributed by atoms with Crippen LogP contribution >= 0.6 is 15.8 Å². The minimum Gasteiger partial charge on any atom is -0.214 e. The van der Waals surface area contributed by atoms with Gasteiger partial charge in [-0.25, -0.2) is 12.1 Å². The Balaban J connectivity index is 0.000000453. The van der Waals surface area contributed by atoms with Crippen molar-refractivity contribution < 1.29 is 19.5 Å². The van der Waals surface area contributed by atoms with E-state index in [1.807, 2.05) is 30.3 Å². The van der Waals surface area contributed by atoms with E-state index < -0.39 is 15.8 Å². The van der Waals surface area contributed by atoms with E-state index in [4.69, 9.17) is 0 Å². The Morgan fingerprint density at radius 3 is 0.879 bits per heavy atom. The number of benzene rings is 4. The van der Waals surface area contributed by atoms with Crippen LogP contribution in [0, 0.1) is 0 Å². The average Bonchev–Trinajstić information content (AvgIpc) is 3.47. The first-order valence-electron chi connectivity index (χ1n) is 11.0. The summed E-state index contributed by atoms with van der Waals surface area (Å²) in [6, 6.07) is 54.5. The Bertz CT molecular complexity index is 952. The van der Waals surface area contributed by atoms with Crippen molar-refractivity contribution in [3.05, 3.63) is 152 Å². The fourth-order valence-electron chi connectivity index (χ4n) is 3.80. The third-order valence-corrected chi connectivity index (χ3v) is 12.3. The van der Waals surface area contributed by atoms with Crippen LogP contribution in [0.25, 0.3) is 0 Å². The van der Waals surface area contributed by atoms with Crippen LogP contribution in [0.3, 0.4) is 0 Å². The summed E-state index contributed by atoms with van der Waals surface area (Å²) in [5.74, 6) is 1.25. The molecular formula is C30H30P2Ru+. The number of hydrogen-bond acceptors (Lipinski definition) is 0. The van der Waals surface area contributed by atoms with Gasteiger partial charge in [0.25, 0.3) is 0 Å². The van der Waals surface area contributed by atoms with Crippen molar-refractivity contribution in [3.63, 3.8) is 0 Å². The maximum absolute atomic E-state index is 2.32. The minimum absolute atomic E-state index is 0. The third-order valence-electron chi connectivity index (χ3n) is 5.40. The molecule has 5 rings (SSSR count). The molecule has 0 bridgehead atoms.